The van der Waals surface area contributed by atoms with Crippen molar-refractivity contribution in [2.24, 2.45) is 5.73 Å². The van der Waals surface area contributed by atoms with E-state index in [1.165, 1.54) is 13.2 Å². The fraction of sp³-hybridized carbons (Fsp3) is 0.308. The van der Waals surface area contributed by atoms with Crippen molar-refractivity contribution >= 4 is 15.9 Å². The van der Waals surface area contributed by atoms with E-state index in [1.807, 2.05) is 0 Å². The minimum Gasteiger partial charge on any atom is -0.497 e. The highest BCUT2D eigenvalue weighted by atomic mass is 32.2. The third-order valence-corrected chi connectivity index (χ3v) is 4.30. The summed E-state index contributed by atoms with van der Waals surface area (Å²) in [6.45, 7) is 3.15. The van der Waals surface area contributed by atoms with Crippen LogP contribution >= 0.6 is 0 Å². The molecular formula is C13H18N2O4S. The molecule has 1 amide bonds. The van der Waals surface area contributed by atoms with E-state index in [0.29, 0.717) is 11.3 Å². The summed E-state index contributed by atoms with van der Waals surface area (Å²) in [5.74, 6) is -0.366. The Balaban J connectivity index is 2.95. The van der Waals surface area contributed by atoms with Crippen molar-refractivity contribution in [3.63, 3.8) is 0 Å². The van der Waals surface area contributed by atoms with Crippen molar-refractivity contribution in [2.45, 2.75) is 5.75 Å². The van der Waals surface area contributed by atoms with Crippen LogP contribution in [0.15, 0.2) is 36.9 Å². The number of nitrogens with two attached hydrogens (primary N) is 1. The Kier molecular flexibility index (Phi) is 5.72. The number of primary amides is 1. The molecule has 110 valence electrons. The number of carbonyl (C=O) groups is 1. The summed E-state index contributed by atoms with van der Waals surface area (Å²) in [5.41, 5.74) is 5.63. The number of methoxy groups -OCH3 is 1. The van der Waals surface area contributed by atoms with Gasteiger partial charge < -0.3 is 10.5 Å². The first-order valence-corrected chi connectivity index (χ1v) is 7.50. The number of ether oxygens (including phenoxy) is 1. The van der Waals surface area contributed by atoms with Gasteiger partial charge in [-0.3, -0.25) is 4.79 Å². The van der Waals surface area contributed by atoms with Crippen molar-refractivity contribution in [1.29, 1.82) is 0 Å². The molecule has 0 aromatic heterocycles. The van der Waals surface area contributed by atoms with E-state index in [1.54, 1.807) is 24.3 Å². The van der Waals surface area contributed by atoms with E-state index in [4.69, 9.17) is 10.5 Å². The van der Waals surface area contributed by atoms with Crippen LogP contribution in [-0.4, -0.2) is 38.8 Å². The second-order valence-electron chi connectivity index (χ2n) is 4.16. The lowest BCUT2D eigenvalue weighted by molar-refractivity contribution is -0.118. The van der Waals surface area contributed by atoms with E-state index in [2.05, 4.69) is 6.58 Å². The van der Waals surface area contributed by atoms with Gasteiger partial charge in [-0.15, -0.1) is 6.58 Å². The van der Waals surface area contributed by atoms with Crippen LogP contribution in [0.2, 0.25) is 0 Å². The van der Waals surface area contributed by atoms with Gasteiger partial charge in [0.2, 0.25) is 15.9 Å². The van der Waals surface area contributed by atoms with Crippen LogP contribution in [0.25, 0.3) is 0 Å². The average Bonchev–Trinajstić information content (AvgIpc) is 2.37. The number of nitrogens with zero attached hydrogens (tertiary/aromatic N) is 1. The van der Waals surface area contributed by atoms with Crippen LogP contribution in [0, 0.1) is 0 Å². The molecule has 0 heterocycles. The predicted molar refractivity (Wildman–Crippen MR) is 76.6 cm³/mol. The van der Waals surface area contributed by atoms with Gasteiger partial charge in [0.05, 0.1) is 19.4 Å². The van der Waals surface area contributed by atoms with Gasteiger partial charge >= 0.3 is 0 Å². The minimum absolute atomic E-state index is 0.0369. The van der Waals surface area contributed by atoms with Crippen molar-refractivity contribution < 1.29 is 17.9 Å². The zero-order valence-corrected chi connectivity index (χ0v) is 12.1. The Morgan fingerprint density at radius 3 is 2.75 bits per heavy atom. The SMILES string of the molecule is C=CCN(CC(N)=O)S(=O)(=O)Cc1cccc(OC)c1. The molecule has 6 nitrogen and oxygen atoms in total. The smallest absolute Gasteiger partial charge is 0.232 e. The standard InChI is InChI=1S/C13H18N2O4S/c1-3-7-15(9-13(14)16)20(17,18)10-11-5-4-6-12(8-11)19-2/h3-6,8H,1,7,9-10H2,2H3,(H2,14,16). The van der Waals surface area contributed by atoms with Gasteiger partial charge in [-0.05, 0) is 17.7 Å². The molecule has 0 saturated heterocycles. The highest BCUT2D eigenvalue weighted by Gasteiger charge is 2.23. The normalized spacial score (nSPS) is 11.3. The maximum atomic E-state index is 12.3. The van der Waals surface area contributed by atoms with Crippen molar-refractivity contribution in [1.82, 2.24) is 4.31 Å². The molecule has 7 heteroatoms. The van der Waals surface area contributed by atoms with Crippen molar-refractivity contribution in [2.75, 3.05) is 20.2 Å². The molecule has 0 fully saturated rings. The van der Waals surface area contributed by atoms with Gasteiger partial charge in [-0.25, -0.2) is 8.42 Å². The highest BCUT2D eigenvalue weighted by Crippen LogP contribution is 2.16. The Bertz CT molecular complexity index is 584. The zero-order valence-electron chi connectivity index (χ0n) is 11.3. The molecule has 0 saturated carbocycles. The number of rotatable bonds is 8. The number of amides is 1. The lowest BCUT2D eigenvalue weighted by Gasteiger charge is -2.19. The minimum atomic E-state index is -3.65. The monoisotopic (exact) mass is 298 g/mol. The number of sulfonamides is 1. The maximum Gasteiger partial charge on any atom is 0.232 e. The van der Waals surface area contributed by atoms with Gasteiger partial charge in [0.25, 0.3) is 0 Å². The first kappa shape index (κ1) is 16.2. The highest BCUT2D eigenvalue weighted by molar-refractivity contribution is 7.88. The summed E-state index contributed by atoms with van der Waals surface area (Å²) < 4.78 is 30.6. The third kappa shape index (κ3) is 4.67. The molecule has 1 aromatic carbocycles. The quantitative estimate of drug-likeness (QED) is 0.708. The lowest BCUT2D eigenvalue weighted by Crippen LogP contribution is -2.39. The molecule has 0 aliphatic rings. The average molecular weight is 298 g/mol. The molecule has 20 heavy (non-hydrogen) atoms. The van der Waals surface area contributed by atoms with Crippen molar-refractivity contribution in [3.05, 3.63) is 42.5 Å². The van der Waals surface area contributed by atoms with E-state index >= 15 is 0 Å². The van der Waals surface area contributed by atoms with Gasteiger partial charge in [0.1, 0.15) is 5.75 Å². The summed E-state index contributed by atoms with van der Waals surface area (Å²) >= 11 is 0. The lowest BCUT2D eigenvalue weighted by atomic mass is 10.2. The van der Waals surface area contributed by atoms with E-state index in [-0.39, 0.29) is 18.8 Å². The zero-order chi connectivity index (χ0) is 15.2. The summed E-state index contributed by atoms with van der Waals surface area (Å²) in [4.78, 5) is 10.9. The topological polar surface area (TPSA) is 89.7 Å². The van der Waals surface area contributed by atoms with Crippen LogP contribution in [0.4, 0.5) is 0 Å². The molecule has 0 unspecified atom stereocenters. The van der Waals surface area contributed by atoms with Gasteiger partial charge in [-0.1, -0.05) is 18.2 Å². The number of carbonyl (C=O) groups excluding carboxylic acids is 1. The van der Waals surface area contributed by atoms with Crippen LogP contribution in [0.5, 0.6) is 5.75 Å². The largest absolute Gasteiger partial charge is 0.497 e. The Labute approximate surface area is 118 Å². The number of hydrogen-bond acceptors (Lipinski definition) is 4. The Morgan fingerprint density at radius 1 is 1.50 bits per heavy atom. The second-order valence-corrected chi connectivity index (χ2v) is 6.12. The molecule has 1 aromatic rings. The Hall–Kier alpha value is -1.86. The molecule has 2 N–H and O–H groups in total. The van der Waals surface area contributed by atoms with Crippen LogP contribution < -0.4 is 10.5 Å². The first-order valence-electron chi connectivity index (χ1n) is 5.89. The summed E-state index contributed by atoms with van der Waals surface area (Å²) in [7, 11) is -2.15. The Morgan fingerprint density at radius 2 is 2.20 bits per heavy atom. The second kappa shape index (κ2) is 7.06. The fourth-order valence-corrected chi connectivity index (χ4v) is 3.10. The van der Waals surface area contributed by atoms with Gasteiger partial charge in [0.15, 0.2) is 0 Å². The van der Waals surface area contributed by atoms with Gasteiger partial charge in [0, 0.05) is 6.54 Å². The van der Waals surface area contributed by atoms with Crippen LogP contribution in [0.1, 0.15) is 5.56 Å². The molecule has 0 atom stereocenters. The van der Waals surface area contributed by atoms with Crippen LogP contribution in [0.3, 0.4) is 0 Å². The fourth-order valence-electron chi connectivity index (χ4n) is 1.66. The molecule has 1 rings (SSSR count). The van der Waals surface area contributed by atoms with E-state index in [9.17, 15) is 13.2 Å². The van der Waals surface area contributed by atoms with E-state index < -0.39 is 15.9 Å². The first-order chi connectivity index (χ1) is 9.39. The maximum absolute atomic E-state index is 12.3. The van der Waals surface area contributed by atoms with Crippen LogP contribution in [-0.2, 0) is 20.6 Å². The molecule has 0 spiro atoms. The molecule has 0 aliphatic heterocycles. The van der Waals surface area contributed by atoms with E-state index in [0.717, 1.165) is 4.31 Å². The predicted octanol–water partition coefficient (Wildman–Crippen LogP) is 0.498. The summed E-state index contributed by atoms with van der Waals surface area (Å²) in [6, 6.07) is 6.74. The molecular weight excluding hydrogens is 280 g/mol. The number of hydrogen-bond donors (Lipinski definition) is 1. The third-order valence-electron chi connectivity index (χ3n) is 2.54. The summed E-state index contributed by atoms with van der Waals surface area (Å²) in [6.07, 6.45) is 1.41. The number of benzene rings is 1. The van der Waals surface area contributed by atoms with Crippen molar-refractivity contribution in [3.8, 4) is 5.75 Å². The summed E-state index contributed by atoms with van der Waals surface area (Å²) in [5, 5.41) is 0. The molecule has 0 bridgehead atoms. The van der Waals surface area contributed by atoms with Gasteiger partial charge in [-0.2, -0.15) is 4.31 Å². The molecule has 0 radical (unpaired) electrons. The molecule has 0 aliphatic carbocycles.